The third-order valence-corrected chi connectivity index (χ3v) is 5.68. The number of aromatic amines is 1. The largest absolute Gasteiger partial charge is 0.467 e. The lowest BCUT2D eigenvalue weighted by molar-refractivity contribution is -0.122. The van der Waals surface area contributed by atoms with Crippen molar-refractivity contribution in [1.29, 1.82) is 0 Å². The smallest absolute Gasteiger partial charge is 0.220 e. The van der Waals surface area contributed by atoms with E-state index in [1.165, 1.54) is 43.1 Å². The summed E-state index contributed by atoms with van der Waals surface area (Å²) in [7, 11) is 0. The minimum atomic E-state index is 0.0993. The maximum absolute atomic E-state index is 12.7. The molecule has 2 aromatic heterocycles. The van der Waals surface area contributed by atoms with Crippen LogP contribution in [0.1, 0.15) is 55.8 Å². The Morgan fingerprint density at radius 1 is 1.15 bits per heavy atom. The van der Waals surface area contributed by atoms with Crippen LogP contribution in [0.15, 0.2) is 53.3 Å². The fourth-order valence-corrected chi connectivity index (χ4v) is 4.34. The minimum Gasteiger partial charge on any atom is -0.467 e. The molecule has 0 bridgehead atoms. The fourth-order valence-electron chi connectivity index (χ4n) is 4.34. The standard InChI is InChI=1S/C22H26N2O2/c25-22(24-14-17-9-6-12-26-17)13-19(16-7-2-1-3-8-16)20-15-23-21-11-5-4-10-18(20)21/h4-6,9-12,15-16,19,23H,1-3,7-8,13-14H2,(H,24,25)/t19-/m1/s1. The number of amides is 1. The topological polar surface area (TPSA) is 58.0 Å². The summed E-state index contributed by atoms with van der Waals surface area (Å²) in [6.07, 6.45) is 10.6. The predicted octanol–water partition coefficient (Wildman–Crippen LogP) is 5.13. The Bertz CT molecular complexity index is 844. The lowest BCUT2D eigenvalue weighted by atomic mass is 9.75. The van der Waals surface area contributed by atoms with Crippen molar-refractivity contribution in [3.63, 3.8) is 0 Å². The Morgan fingerprint density at radius 3 is 2.81 bits per heavy atom. The SMILES string of the molecule is O=C(C[C@@H](c1c[nH]c2ccccc12)C1CCCCC1)NCc1ccco1. The number of carbonyl (C=O) groups is 1. The van der Waals surface area contributed by atoms with Gasteiger partial charge in [0.1, 0.15) is 5.76 Å². The first-order chi connectivity index (χ1) is 12.8. The molecule has 136 valence electrons. The van der Waals surface area contributed by atoms with Crippen LogP contribution in [0.5, 0.6) is 0 Å². The second-order valence-electron chi connectivity index (χ2n) is 7.35. The first kappa shape index (κ1) is 17.0. The monoisotopic (exact) mass is 350 g/mol. The molecule has 26 heavy (non-hydrogen) atoms. The average molecular weight is 350 g/mol. The number of furan rings is 1. The van der Waals surface area contributed by atoms with Crippen molar-refractivity contribution < 1.29 is 9.21 Å². The van der Waals surface area contributed by atoms with Crippen LogP contribution in [0.2, 0.25) is 0 Å². The molecular formula is C22H26N2O2. The number of carbonyl (C=O) groups excluding carboxylic acids is 1. The Morgan fingerprint density at radius 2 is 2.00 bits per heavy atom. The summed E-state index contributed by atoms with van der Waals surface area (Å²) >= 11 is 0. The van der Waals surface area contributed by atoms with E-state index >= 15 is 0 Å². The molecule has 4 heteroatoms. The molecule has 0 unspecified atom stereocenters. The number of H-pyrrole nitrogens is 1. The summed E-state index contributed by atoms with van der Waals surface area (Å²) in [6, 6.07) is 12.1. The molecule has 1 atom stereocenters. The van der Waals surface area contributed by atoms with Crippen molar-refractivity contribution in [1.82, 2.24) is 10.3 Å². The molecule has 2 heterocycles. The molecule has 3 aromatic rings. The molecule has 1 amide bonds. The highest BCUT2D eigenvalue weighted by molar-refractivity contribution is 5.85. The second-order valence-corrected chi connectivity index (χ2v) is 7.35. The first-order valence-corrected chi connectivity index (χ1v) is 9.66. The zero-order chi connectivity index (χ0) is 17.8. The summed E-state index contributed by atoms with van der Waals surface area (Å²) in [6.45, 7) is 0.455. The van der Waals surface area contributed by atoms with Crippen LogP contribution in [0.4, 0.5) is 0 Å². The lowest BCUT2D eigenvalue weighted by Gasteiger charge is -2.30. The Balaban J connectivity index is 1.53. The average Bonchev–Trinajstić information content (AvgIpc) is 3.35. The van der Waals surface area contributed by atoms with E-state index in [1.54, 1.807) is 6.26 Å². The predicted molar refractivity (Wildman–Crippen MR) is 103 cm³/mol. The van der Waals surface area contributed by atoms with E-state index in [-0.39, 0.29) is 11.8 Å². The summed E-state index contributed by atoms with van der Waals surface area (Å²) in [5, 5.41) is 4.27. The van der Waals surface area contributed by atoms with Gasteiger partial charge >= 0.3 is 0 Å². The number of fused-ring (bicyclic) bond motifs is 1. The van der Waals surface area contributed by atoms with Crippen molar-refractivity contribution in [2.45, 2.75) is 51.0 Å². The van der Waals surface area contributed by atoms with E-state index in [2.05, 4.69) is 34.7 Å². The van der Waals surface area contributed by atoms with Gasteiger partial charge < -0.3 is 14.7 Å². The molecule has 1 saturated carbocycles. The van der Waals surface area contributed by atoms with Crippen LogP contribution >= 0.6 is 0 Å². The van der Waals surface area contributed by atoms with Crippen molar-refractivity contribution in [2.75, 3.05) is 0 Å². The summed E-state index contributed by atoms with van der Waals surface area (Å²) in [5.41, 5.74) is 2.44. The number of nitrogens with one attached hydrogen (secondary N) is 2. The van der Waals surface area contributed by atoms with E-state index in [1.807, 2.05) is 18.2 Å². The van der Waals surface area contributed by atoms with Gasteiger partial charge in [0.15, 0.2) is 0 Å². The molecule has 0 radical (unpaired) electrons. The van der Waals surface area contributed by atoms with Gasteiger partial charge in [0.25, 0.3) is 0 Å². The van der Waals surface area contributed by atoms with Gasteiger partial charge in [-0.15, -0.1) is 0 Å². The van der Waals surface area contributed by atoms with Gasteiger partial charge in [0, 0.05) is 23.5 Å². The number of aromatic nitrogens is 1. The molecule has 0 spiro atoms. The van der Waals surface area contributed by atoms with E-state index in [9.17, 15) is 4.79 Å². The Kier molecular flexibility index (Phi) is 5.09. The Hall–Kier alpha value is -2.49. The highest BCUT2D eigenvalue weighted by Crippen LogP contribution is 2.40. The zero-order valence-electron chi connectivity index (χ0n) is 15.0. The van der Waals surface area contributed by atoms with Gasteiger partial charge in [-0.25, -0.2) is 0 Å². The molecule has 0 aliphatic heterocycles. The highest BCUT2D eigenvalue weighted by atomic mass is 16.3. The quantitative estimate of drug-likeness (QED) is 0.647. The number of benzene rings is 1. The van der Waals surface area contributed by atoms with Gasteiger partial charge in [0.2, 0.25) is 5.91 Å². The maximum Gasteiger partial charge on any atom is 0.220 e. The van der Waals surface area contributed by atoms with E-state index in [0.717, 1.165) is 11.3 Å². The molecule has 1 fully saturated rings. The molecule has 4 rings (SSSR count). The van der Waals surface area contributed by atoms with Crippen LogP contribution in [0.3, 0.4) is 0 Å². The third kappa shape index (κ3) is 3.69. The van der Waals surface area contributed by atoms with Crippen LogP contribution in [0.25, 0.3) is 10.9 Å². The lowest BCUT2D eigenvalue weighted by Crippen LogP contribution is -2.27. The minimum absolute atomic E-state index is 0.0993. The van der Waals surface area contributed by atoms with Crippen molar-refractivity contribution in [3.8, 4) is 0 Å². The number of para-hydroxylation sites is 1. The first-order valence-electron chi connectivity index (χ1n) is 9.66. The van der Waals surface area contributed by atoms with Gasteiger partial charge in [-0.3, -0.25) is 4.79 Å². The van der Waals surface area contributed by atoms with Gasteiger partial charge in [0.05, 0.1) is 12.8 Å². The fraction of sp³-hybridized carbons (Fsp3) is 0.409. The molecule has 2 N–H and O–H groups in total. The van der Waals surface area contributed by atoms with Crippen LogP contribution in [-0.4, -0.2) is 10.9 Å². The van der Waals surface area contributed by atoms with Crippen molar-refractivity contribution in [2.24, 2.45) is 5.92 Å². The third-order valence-electron chi connectivity index (χ3n) is 5.68. The van der Waals surface area contributed by atoms with Gasteiger partial charge in [-0.05, 0) is 48.4 Å². The molecule has 0 saturated heterocycles. The van der Waals surface area contributed by atoms with Crippen molar-refractivity contribution in [3.05, 3.63) is 60.2 Å². The van der Waals surface area contributed by atoms with Crippen molar-refractivity contribution >= 4 is 16.8 Å². The number of hydrogen-bond acceptors (Lipinski definition) is 2. The number of hydrogen-bond donors (Lipinski definition) is 2. The highest BCUT2D eigenvalue weighted by Gasteiger charge is 2.29. The van der Waals surface area contributed by atoms with E-state index < -0.39 is 0 Å². The zero-order valence-corrected chi connectivity index (χ0v) is 15.0. The summed E-state index contributed by atoms with van der Waals surface area (Å²) in [5.74, 6) is 1.74. The molecule has 1 aliphatic rings. The van der Waals surface area contributed by atoms with Gasteiger partial charge in [-0.2, -0.15) is 0 Å². The van der Waals surface area contributed by atoms with Gasteiger partial charge in [-0.1, -0.05) is 37.5 Å². The summed E-state index contributed by atoms with van der Waals surface area (Å²) < 4.78 is 5.32. The molecular weight excluding hydrogens is 324 g/mol. The van der Waals surface area contributed by atoms with Crippen LogP contribution in [0, 0.1) is 5.92 Å². The molecule has 4 nitrogen and oxygen atoms in total. The molecule has 1 aromatic carbocycles. The maximum atomic E-state index is 12.7. The van der Waals surface area contributed by atoms with Crippen LogP contribution in [-0.2, 0) is 11.3 Å². The molecule has 1 aliphatic carbocycles. The normalized spacial score (nSPS) is 16.6. The van der Waals surface area contributed by atoms with E-state index in [4.69, 9.17) is 4.42 Å². The Labute approximate surface area is 154 Å². The van der Waals surface area contributed by atoms with E-state index in [0.29, 0.717) is 18.9 Å². The summed E-state index contributed by atoms with van der Waals surface area (Å²) in [4.78, 5) is 16.0. The number of rotatable bonds is 6. The van der Waals surface area contributed by atoms with Crippen LogP contribution < -0.4 is 5.32 Å². The second kappa shape index (κ2) is 7.81.